The van der Waals surface area contributed by atoms with Crippen molar-refractivity contribution in [3.05, 3.63) is 41.1 Å². The third kappa shape index (κ3) is 3.59. The van der Waals surface area contributed by atoms with Crippen molar-refractivity contribution in [3.63, 3.8) is 0 Å². The second kappa shape index (κ2) is 8.34. The van der Waals surface area contributed by atoms with Gasteiger partial charge < -0.3 is 24.8 Å². The fourth-order valence-corrected chi connectivity index (χ4v) is 5.64. The van der Waals surface area contributed by atoms with Gasteiger partial charge >= 0.3 is 17.9 Å². The Kier molecular flexibility index (Phi) is 5.75. The molecule has 3 aliphatic rings. The quantitative estimate of drug-likeness (QED) is 0.524. The largest absolute Gasteiger partial charge is 0.469 e. The van der Waals surface area contributed by atoms with E-state index in [2.05, 4.69) is 16.7 Å². The highest BCUT2D eigenvalue weighted by molar-refractivity contribution is 5.93. The van der Waals surface area contributed by atoms with E-state index in [1.54, 1.807) is 0 Å². The summed E-state index contributed by atoms with van der Waals surface area (Å²) in [6, 6.07) is 8.13. The molecule has 1 spiro atoms. The molecule has 8 heteroatoms. The van der Waals surface area contributed by atoms with Gasteiger partial charge in [-0.05, 0) is 43.4 Å². The van der Waals surface area contributed by atoms with Crippen molar-refractivity contribution in [1.82, 2.24) is 5.32 Å². The van der Waals surface area contributed by atoms with Gasteiger partial charge in [-0.2, -0.15) is 0 Å². The number of ether oxygens (including phenoxy) is 3. The lowest BCUT2D eigenvalue weighted by Gasteiger charge is -2.43. The van der Waals surface area contributed by atoms with Gasteiger partial charge in [0.1, 0.15) is 6.10 Å². The molecule has 1 saturated heterocycles. The first-order valence-electron chi connectivity index (χ1n) is 10.6. The number of hydrogen-bond donors (Lipinski definition) is 2. The lowest BCUT2D eigenvalue weighted by atomic mass is 9.62. The summed E-state index contributed by atoms with van der Waals surface area (Å²) in [6.45, 7) is 2.12. The monoisotopic (exact) mass is 428 g/mol. The smallest absolute Gasteiger partial charge is 0.335 e. The summed E-state index contributed by atoms with van der Waals surface area (Å²) in [5.41, 5.74) is 3.30. The van der Waals surface area contributed by atoms with Gasteiger partial charge in [0.05, 0.1) is 31.6 Å². The van der Waals surface area contributed by atoms with Crippen LogP contribution in [0.3, 0.4) is 0 Å². The summed E-state index contributed by atoms with van der Waals surface area (Å²) in [5, 5.41) is 7.12. The number of fused-ring (bicyclic) bond motifs is 1. The number of benzene rings is 1. The molecule has 166 valence electrons. The van der Waals surface area contributed by atoms with Crippen molar-refractivity contribution in [2.75, 3.05) is 26.1 Å². The zero-order valence-corrected chi connectivity index (χ0v) is 18.0. The van der Waals surface area contributed by atoms with E-state index >= 15 is 0 Å². The van der Waals surface area contributed by atoms with Crippen molar-refractivity contribution >= 4 is 23.6 Å². The number of anilines is 1. The SMILES string of the molecule is COC(=O)CC(C[C@@H]1CC(C(=O)OC)=C2Nc3ccccc3[C@]23CCN[C@H]13)OC(C)=O. The molecule has 1 fully saturated rings. The number of methoxy groups -OCH3 is 2. The molecule has 0 bridgehead atoms. The normalized spacial score (nSPS) is 26.8. The van der Waals surface area contributed by atoms with E-state index in [0.717, 1.165) is 29.9 Å². The number of nitrogens with one attached hydrogen (secondary N) is 2. The molecule has 1 aliphatic carbocycles. The molecule has 2 N–H and O–H groups in total. The molecular weight excluding hydrogens is 400 g/mol. The fourth-order valence-electron chi connectivity index (χ4n) is 5.64. The maximum Gasteiger partial charge on any atom is 0.335 e. The summed E-state index contributed by atoms with van der Waals surface area (Å²) >= 11 is 0. The van der Waals surface area contributed by atoms with Crippen LogP contribution in [0.2, 0.25) is 0 Å². The van der Waals surface area contributed by atoms with E-state index in [4.69, 9.17) is 14.2 Å². The molecule has 1 aromatic rings. The van der Waals surface area contributed by atoms with E-state index in [1.807, 2.05) is 18.2 Å². The molecule has 0 radical (unpaired) electrons. The first-order valence-corrected chi connectivity index (χ1v) is 10.6. The minimum absolute atomic E-state index is 0.0226. The van der Waals surface area contributed by atoms with Crippen LogP contribution in [0.5, 0.6) is 0 Å². The third-order valence-corrected chi connectivity index (χ3v) is 6.72. The van der Waals surface area contributed by atoms with Crippen LogP contribution in [-0.2, 0) is 34.0 Å². The number of carbonyl (C=O) groups is 3. The van der Waals surface area contributed by atoms with E-state index in [1.165, 1.54) is 21.1 Å². The van der Waals surface area contributed by atoms with E-state index in [-0.39, 0.29) is 29.8 Å². The Balaban J connectivity index is 1.74. The molecule has 0 saturated carbocycles. The van der Waals surface area contributed by atoms with Crippen LogP contribution in [-0.4, -0.2) is 50.8 Å². The van der Waals surface area contributed by atoms with Crippen LogP contribution in [0.15, 0.2) is 35.5 Å². The lowest BCUT2D eigenvalue weighted by Crippen LogP contribution is -2.51. The van der Waals surface area contributed by atoms with E-state index in [0.29, 0.717) is 18.4 Å². The van der Waals surface area contributed by atoms with Crippen molar-refractivity contribution in [2.24, 2.45) is 5.92 Å². The Morgan fingerprint density at radius 1 is 1.19 bits per heavy atom. The summed E-state index contributed by atoms with van der Waals surface area (Å²) in [6.07, 6.45) is 1.08. The number of hydrogen-bond acceptors (Lipinski definition) is 8. The fraction of sp³-hybridized carbons (Fsp3) is 0.522. The van der Waals surface area contributed by atoms with Gasteiger partial charge in [-0.3, -0.25) is 9.59 Å². The highest BCUT2D eigenvalue weighted by atomic mass is 16.6. The predicted molar refractivity (Wildman–Crippen MR) is 112 cm³/mol. The molecule has 4 atom stereocenters. The zero-order chi connectivity index (χ0) is 22.2. The van der Waals surface area contributed by atoms with Crippen molar-refractivity contribution in [1.29, 1.82) is 0 Å². The van der Waals surface area contributed by atoms with Gasteiger partial charge in [0.15, 0.2) is 0 Å². The second-order valence-electron chi connectivity index (χ2n) is 8.38. The Morgan fingerprint density at radius 2 is 1.97 bits per heavy atom. The van der Waals surface area contributed by atoms with Gasteiger partial charge in [-0.25, -0.2) is 4.79 Å². The number of carbonyl (C=O) groups excluding carboxylic acids is 3. The third-order valence-electron chi connectivity index (χ3n) is 6.72. The Bertz CT molecular complexity index is 942. The minimum atomic E-state index is -0.626. The zero-order valence-electron chi connectivity index (χ0n) is 18.0. The Morgan fingerprint density at radius 3 is 2.68 bits per heavy atom. The molecule has 31 heavy (non-hydrogen) atoms. The van der Waals surface area contributed by atoms with Crippen molar-refractivity contribution in [2.45, 2.75) is 50.2 Å². The predicted octanol–water partition coefficient (Wildman–Crippen LogP) is 2.04. The van der Waals surface area contributed by atoms with Crippen molar-refractivity contribution < 1.29 is 28.6 Å². The molecule has 2 heterocycles. The first-order chi connectivity index (χ1) is 14.9. The minimum Gasteiger partial charge on any atom is -0.469 e. The molecule has 1 unspecified atom stereocenters. The molecular formula is C23H28N2O6. The van der Waals surface area contributed by atoms with Crippen LogP contribution >= 0.6 is 0 Å². The van der Waals surface area contributed by atoms with Gasteiger partial charge in [0, 0.05) is 24.4 Å². The van der Waals surface area contributed by atoms with Crippen LogP contribution in [0.25, 0.3) is 0 Å². The van der Waals surface area contributed by atoms with Gasteiger partial charge in [0.25, 0.3) is 0 Å². The molecule has 2 aliphatic heterocycles. The topological polar surface area (TPSA) is 103 Å². The molecule has 0 amide bonds. The first kappa shape index (κ1) is 21.4. The van der Waals surface area contributed by atoms with Crippen molar-refractivity contribution in [3.8, 4) is 0 Å². The van der Waals surface area contributed by atoms with E-state index < -0.39 is 18.0 Å². The maximum absolute atomic E-state index is 12.8. The van der Waals surface area contributed by atoms with Crippen LogP contribution < -0.4 is 10.6 Å². The average Bonchev–Trinajstić information content (AvgIpc) is 3.34. The lowest BCUT2D eigenvalue weighted by molar-refractivity contribution is -0.153. The molecule has 4 rings (SSSR count). The highest BCUT2D eigenvalue weighted by Gasteiger charge is 2.58. The summed E-state index contributed by atoms with van der Waals surface area (Å²) in [5.74, 6) is -1.28. The number of rotatable bonds is 6. The van der Waals surface area contributed by atoms with Crippen LogP contribution in [0.1, 0.15) is 38.2 Å². The van der Waals surface area contributed by atoms with Gasteiger partial charge in [-0.15, -0.1) is 0 Å². The summed E-state index contributed by atoms with van der Waals surface area (Å²) < 4.78 is 15.4. The molecule has 8 nitrogen and oxygen atoms in total. The standard InChI is InChI=1S/C23H28N2O6/c1-13(26)31-15(12-19(27)29-2)10-14-11-16(22(28)30-3)21-23(8-9-24-20(14)23)17-6-4-5-7-18(17)25-21/h4-7,14-15,20,24-25H,8-12H2,1-3H3/t14-,15?,20-,23+/m1/s1. The van der Waals surface area contributed by atoms with Crippen LogP contribution in [0.4, 0.5) is 5.69 Å². The second-order valence-corrected chi connectivity index (χ2v) is 8.38. The Labute approximate surface area is 181 Å². The maximum atomic E-state index is 12.8. The summed E-state index contributed by atoms with van der Waals surface area (Å²) in [7, 11) is 2.70. The number of esters is 3. The highest BCUT2D eigenvalue weighted by Crippen LogP contribution is 2.57. The average molecular weight is 428 g/mol. The Hall–Kier alpha value is -2.87. The van der Waals surface area contributed by atoms with Crippen LogP contribution in [0, 0.1) is 5.92 Å². The van der Waals surface area contributed by atoms with Gasteiger partial charge in [0.2, 0.25) is 0 Å². The van der Waals surface area contributed by atoms with Gasteiger partial charge in [-0.1, -0.05) is 18.2 Å². The summed E-state index contributed by atoms with van der Waals surface area (Å²) in [4.78, 5) is 36.4. The van der Waals surface area contributed by atoms with E-state index in [9.17, 15) is 14.4 Å². The molecule has 0 aromatic heterocycles. The number of para-hydroxylation sites is 1. The molecule has 1 aromatic carbocycles.